The van der Waals surface area contributed by atoms with Gasteiger partial charge in [-0.3, -0.25) is 4.79 Å². The Hall–Kier alpha value is -2.30. The molecule has 0 atom stereocenters. The second-order valence-corrected chi connectivity index (χ2v) is 4.64. The lowest BCUT2D eigenvalue weighted by molar-refractivity contribution is 0.0943. The Morgan fingerprint density at radius 3 is 2.95 bits per heavy atom. The van der Waals surface area contributed by atoms with Gasteiger partial charge < -0.3 is 15.6 Å². The highest BCUT2D eigenvalue weighted by atomic mass is 16.1. The quantitative estimate of drug-likeness (QED) is 0.769. The minimum Gasteiger partial charge on any atom is -0.379 e. The molecule has 0 aliphatic rings. The van der Waals surface area contributed by atoms with Gasteiger partial charge in [0.15, 0.2) is 0 Å². The van der Waals surface area contributed by atoms with Crippen LogP contribution in [-0.2, 0) is 6.54 Å². The van der Waals surface area contributed by atoms with E-state index < -0.39 is 0 Å². The van der Waals surface area contributed by atoms with Gasteiger partial charge in [0.05, 0.1) is 18.6 Å². The van der Waals surface area contributed by atoms with Gasteiger partial charge in [0, 0.05) is 23.5 Å². The summed E-state index contributed by atoms with van der Waals surface area (Å²) < 4.78 is 0. The number of aromatic amines is 1. The van der Waals surface area contributed by atoms with Crippen molar-refractivity contribution in [1.82, 2.24) is 15.3 Å². The van der Waals surface area contributed by atoms with Crippen molar-refractivity contribution in [3.8, 4) is 0 Å². The molecule has 0 saturated carbocycles. The molecule has 5 heteroatoms. The third-order valence-electron chi connectivity index (χ3n) is 2.58. The predicted molar refractivity (Wildman–Crippen MR) is 75.0 cm³/mol. The summed E-state index contributed by atoms with van der Waals surface area (Å²) in [6.07, 6.45) is 3.41. The zero-order valence-electron chi connectivity index (χ0n) is 11.1. The molecule has 1 aromatic carbocycles. The topological polar surface area (TPSA) is 69.8 Å². The first-order valence-electron chi connectivity index (χ1n) is 6.27. The van der Waals surface area contributed by atoms with E-state index in [9.17, 15) is 4.79 Å². The first kappa shape index (κ1) is 13.1. The monoisotopic (exact) mass is 258 g/mol. The summed E-state index contributed by atoms with van der Waals surface area (Å²) in [5.74, 6) is -0.0554. The summed E-state index contributed by atoms with van der Waals surface area (Å²) in [4.78, 5) is 18.9. The summed E-state index contributed by atoms with van der Waals surface area (Å²) in [7, 11) is 0. The summed E-state index contributed by atoms with van der Waals surface area (Å²) >= 11 is 0. The first-order chi connectivity index (χ1) is 9.15. The molecule has 1 amide bonds. The zero-order valence-corrected chi connectivity index (χ0v) is 11.1. The maximum Gasteiger partial charge on any atom is 0.251 e. The normalized spacial score (nSPS) is 10.5. The number of benzene rings is 1. The van der Waals surface area contributed by atoms with Crippen LogP contribution >= 0.6 is 0 Å². The van der Waals surface area contributed by atoms with Crippen LogP contribution in [0, 0.1) is 0 Å². The standard InChI is InChI=1S/C14H18N4O/c1-10(2)18-14(19)11-4-3-5-12(6-11)16-8-13-7-15-9-17-13/h3-7,9-10,16H,8H2,1-2H3,(H,15,17)(H,18,19). The van der Waals surface area contributed by atoms with Crippen LogP contribution in [-0.4, -0.2) is 21.9 Å². The minimum atomic E-state index is -0.0554. The molecule has 0 radical (unpaired) electrons. The molecular weight excluding hydrogens is 240 g/mol. The van der Waals surface area contributed by atoms with Crippen LogP contribution in [0.5, 0.6) is 0 Å². The molecule has 19 heavy (non-hydrogen) atoms. The van der Waals surface area contributed by atoms with E-state index in [-0.39, 0.29) is 11.9 Å². The number of amides is 1. The Morgan fingerprint density at radius 1 is 1.42 bits per heavy atom. The smallest absolute Gasteiger partial charge is 0.251 e. The zero-order chi connectivity index (χ0) is 13.7. The van der Waals surface area contributed by atoms with E-state index in [1.54, 1.807) is 18.6 Å². The molecule has 1 heterocycles. The molecule has 1 aromatic heterocycles. The van der Waals surface area contributed by atoms with Gasteiger partial charge in [0.2, 0.25) is 0 Å². The number of aromatic nitrogens is 2. The van der Waals surface area contributed by atoms with Gasteiger partial charge >= 0.3 is 0 Å². The van der Waals surface area contributed by atoms with E-state index in [4.69, 9.17) is 0 Å². The van der Waals surface area contributed by atoms with E-state index in [2.05, 4.69) is 20.6 Å². The number of imidazole rings is 1. The molecule has 0 fully saturated rings. The van der Waals surface area contributed by atoms with E-state index in [0.717, 1.165) is 11.4 Å². The molecule has 0 aliphatic carbocycles. The van der Waals surface area contributed by atoms with Crippen molar-refractivity contribution in [2.24, 2.45) is 0 Å². The van der Waals surface area contributed by atoms with Gasteiger partial charge in [0.25, 0.3) is 5.91 Å². The van der Waals surface area contributed by atoms with Crippen LogP contribution in [0.1, 0.15) is 29.9 Å². The summed E-state index contributed by atoms with van der Waals surface area (Å²) in [6, 6.07) is 7.58. The Balaban J connectivity index is 2.00. The number of hydrogen-bond donors (Lipinski definition) is 3. The fourth-order valence-electron chi connectivity index (χ4n) is 1.69. The number of H-pyrrole nitrogens is 1. The van der Waals surface area contributed by atoms with Crippen molar-refractivity contribution >= 4 is 11.6 Å². The molecule has 0 unspecified atom stereocenters. The largest absolute Gasteiger partial charge is 0.379 e. The molecule has 3 N–H and O–H groups in total. The Bertz CT molecular complexity index is 534. The van der Waals surface area contributed by atoms with Crippen molar-refractivity contribution < 1.29 is 4.79 Å². The number of hydrogen-bond acceptors (Lipinski definition) is 3. The van der Waals surface area contributed by atoms with Crippen LogP contribution in [0.2, 0.25) is 0 Å². The Labute approximate surface area is 112 Å². The number of rotatable bonds is 5. The Morgan fingerprint density at radius 2 is 2.26 bits per heavy atom. The van der Waals surface area contributed by atoms with Gasteiger partial charge in [-0.25, -0.2) is 4.98 Å². The van der Waals surface area contributed by atoms with Crippen molar-refractivity contribution in [1.29, 1.82) is 0 Å². The molecular formula is C14H18N4O. The third-order valence-corrected chi connectivity index (χ3v) is 2.58. The second-order valence-electron chi connectivity index (χ2n) is 4.64. The lowest BCUT2D eigenvalue weighted by Crippen LogP contribution is -2.30. The van der Waals surface area contributed by atoms with E-state index in [1.807, 2.05) is 32.0 Å². The second kappa shape index (κ2) is 6.04. The average Bonchev–Trinajstić information content (AvgIpc) is 2.89. The maximum atomic E-state index is 11.9. The summed E-state index contributed by atoms with van der Waals surface area (Å²) in [5.41, 5.74) is 2.56. The first-order valence-corrected chi connectivity index (χ1v) is 6.27. The lowest BCUT2D eigenvalue weighted by Gasteiger charge is -2.10. The molecule has 0 spiro atoms. The van der Waals surface area contributed by atoms with Crippen molar-refractivity contribution in [2.45, 2.75) is 26.4 Å². The van der Waals surface area contributed by atoms with Crippen LogP contribution in [0.3, 0.4) is 0 Å². The van der Waals surface area contributed by atoms with Crippen LogP contribution in [0.25, 0.3) is 0 Å². The van der Waals surface area contributed by atoms with Gasteiger partial charge in [-0.15, -0.1) is 0 Å². The van der Waals surface area contributed by atoms with Crippen molar-refractivity contribution in [2.75, 3.05) is 5.32 Å². The van der Waals surface area contributed by atoms with Crippen molar-refractivity contribution in [3.63, 3.8) is 0 Å². The average molecular weight is 258 g/mol. The molecule has 2 rings (SSSR count). The number of nitrogens with one attached hydrogen (secondary N) is 3. The molecule has 5 nitrogen and oxygen atoms in total. The van der Waals surface area contributed by atoms with Gasteiger partial charge in [-0.05, 0) is 32.0 Å². The number of anilines is 1. The highest BCUT2D eigenvalue weighted by Crippen LogP contribution is 2.11. The van der Waals surface area contributed by atoms with Crippen LogP contribution in [0.4, 0.5) is 5.69 Å². The van der Waals surface area contributed by atoms with Crippen LogP contribution < -0.4 is 10.6 Å². The molecule has 0 saturated heterocycles. The minimum absolute atomic E-state index is 0.0554. The van der Waals surface area contributed by atoms with E-state index in [0.29, 0.717) is 12.1 Å². The molecule has 0 aliphatic heterocycles. The van der Waals surface area contributed by atoms with Gasteiger partial charge in [-0.2, -0.15) is 0 Å². The van der Waals surface area contributed by atoms with E-state index in [1.165, 1.54) is 0 Å². The highest BCUT2D eigenvalue weighted by molar-refractivity contribution is 5.95. The number of carbonyl (C=O) groups excluding carboxylic acids is 1. The summed E-state index contributed by atoms with van der Waals surface area (Å²) in [5, 5.41) is 6.12. The molecule has 100 valence electrons. The highest BCUT2D eigenvalue weighted by Gasteiger charge is 2.07. The van der Waals surface area contributed by atoms with Gasteiger partial charge in [-0.1, -0.05) is 6.07 Å². The predicted octanol–water partition coefficient (Wildman–Crippen LogP) is 2.16. The number of nitrogens with zero attached hydrogens (tertiary/aromatic N) is 1. The third kappa shape index (κ3) is 3.84. The van der Waals surface area contributed by atoms with E-state index >= 15 is 0 Å². The lowest BCUT2D eigenvalue weighted by atomic mass is 10.1. The Kier molecular flexibility index (Phi) is 4.18. The fraction of sp³-hybridized carbons (Fsp3) is 0.286. The van der Waals surface area contributed by atoms with Gasteiger partial charge in [0.1, 0.15) is 0 Å². The molecule has 0 bridgehead atoms. The molecule has 2 aromatic rings. The fourth-order valence-corrected chi connectivity index (χ4v) is 1.69. The summed E-state index contributed by atoms with van der Waals surface area (Å²) in [6.45, 7) is 4.53. The van der Waals surface area contributed by atoms with Crippen LogP contribution in [0.15, 0.2) is 36.8 Å². The number of carbonyl (C=O) groups is 1. The maximum absolute atomic E-state index is 11.9. The van der Waals surface area contributed by atoms with Crippen molar-refractivity contribution in [3.05, 3.63) is 48.0 Å². The SMILES string of the molecule is CC(C)NC(=O)c1cccc(NCc2cnc[nH]2)c1.